The van der Waals surface area contributed by atoms with Crippen LogP contribution in [0.2, 0.25) is 0 Å². The van der Waals surface area contributed by atoms with Gasteiger partial charge in [-0.15, -0.1) is 0 Å². The van der Waals surface area contributed by atoms with Gasteiger partial charge in [0.1, 0.15) is 0 Å². The molecule has 0 saturated carbocycles. The fourth-order valence-corrected chi connectivity index (χ4v) is 3.24. The maximum absolute atomic E-state index is 12.8. The van der Waals surface area contributed by atoms with E-state index in [1.165, 1.54) is 0 Å². The van der Waals surface area contributed by atoms with Crippen LogP contribution in [0.4, 0.5) is 0 Å². The number of carbonyl (C=O) groups excluding carboxylic acids is 1. The highest BCUT2D eigenvalue weighted by Crippen LogP contribution is 2.23. The lowest BCUT2D eigenvalue weighted by Gasteiger charge is -2.33. The van der Waals surface area contributed by atoms with Gasteiger partial charge in [-0.25, -0.2) is 9.97 Å². The van der Waals surface area contributed by atoms with E-state index in [4.69, 9.17) is 0 Å². The van der Waals surface area contributed by atoms with Crippen LogP contribution < -0.4 is 0 Å². The van der Waals surface area contributed by atoms with Crippen molar-refractivity contribution in [2.24, 2.45) is 0 Å². The Balaban J connectivity index is 1.49. The third-order valence-corrected chi connectivity index (χ3v) is 4.55. The Kier molecular flexibility index (Phi) is 3.86. The van der Waals surface area contributed by atoms with E-state index in [1.54, 1.807) is 18.7 Å². The van der Waals surface area contributed by atoms with Gasteiger partial charge >= 0.3 is 0 Å². The molecule has 24 heavy (non-hydrogen) atoms. The third kappa shape index (κ3) is 2.82. The quantitative estimate of drug-likeness (QED) is 0.745. The Hall–Kier alpha value is -2.89. The van der Waals surface area contributed by atoms with Gasteiger partial charge in [-0.05, 0) is 37.1 Å². The molecule has 1 aliphatic rings. The lowest BCUT2D eigenvalue weighted by molar-refractivity contribution is 0.0679. The lowest BCUT2D eigenvalue weighted by atomic mass is 10.0. The highest BCUT2D eigenvalue weighted by molar-refractivity contribution is 5.94. The van der Waals surface area contributed by atoms with E-state index in [1.807, 2.05) is 52.5 Å². The molecule has 1 unspecified atom stereocenters. The second-order valence-corrected chi connectivity index (χ2v) is 6.07. The summed E-state index contributed by atoms with van der Waals surface area (Å²) < 4.78 is 4.02. The predicted molar refractivity (Wildman–Crippen MR) is 90.0 cm³/mol. The number of carbonyl (C=O) groups is 1. The van der Waals surface area contributed by atoms with E-state index >= 15 is 0 Å². The molecule has 0 N–H and O–H groups in total. The molecule has 0 aliphatic carbocycles. The van der Waals surface area contributed by atoms with E-state index in [9.17, 15) is 4.79 Å². The van der Waals surface area contributed by atoms with Gasteiger partial charge < -0.3 is 14.0 Å². The summed E-state index contributed by atoms with van der Waals surface area (Å²) in [6.07, 6.45) is 13.1. The molecule has 1 saturated heterocycles. The zero-order chi connectivity index (χ0) is 16.4. The second-order valence-electron chi connectivity index (χ2n) is 6.07. The van der Waals surface area contributed by atoms with Gasteiger partial charge in [0.25, 0.3) is 5.91 Å². The second kappa shape index (κ2) is 6.31. The van der Waals surface area contributed by atoms with Gasteiger partial charge in [-0.3, -0.25) is 4.79 Å². The molecule has 1 aromatic carbocycles. The van der Waals surface area contributed by atoms with Crippen LogP contribution in [0.25, 0.3) is 5.69 Å². The van der Waals surface area contributed by atoms with Gasteiger partial charge in [0, 0.05) is 49.1 Å². The van der Waals surface area contributed by atoms with Crippen molar-refractivity contribution in [3.8, 4) is 5.69 Å². The van der Waals surface area contributed by atoms with Crippen LogP contribution in [0.15, 0.2) is 61.7 Å². The van der Waals surface area contributed by atoms with Crippen molar-refractivity contribution in [2.45, 2.75) is 18.9 Å². The van der Waals surface area contributed by atoms with Crippen molar-refractivity contribution in [1.82, 2.24) is 24.0 Å². The number of hydrogen-bond donors (Lipinski definition) is 0. The molecule has 0 bridgehead atoms. The predicted octanol–water partition coefficient (Wildman–Crippen LogP) is 2.55. The zero-order valence-corrected chi connectivity index (χ0v) is 13.3. The van der Waals surface area contributed by atoms with Crippen LogP contribution in [0.3, 0.4) is 0 Å². The molecule has 1 fully saturated rings. The van der Waals surface area contributed by atoms with Crippen LogP contribution in [0, 0.1) is 0 Å². The highest BCUT2D eigenvalue weighted by atomic mass is 16.2. The van der Waals surface area contributed by atoms with Crippen LogP contribution in [-0.2, 0) is 0 Å². The molecular weight excluding hydrogens is 302 g/mol. The average Bonchev–Trinajstić information content (AvgIpc) is 3.35. The summed E-state index contributed by atoms with van der Waals surface area (Å²) in [5, 5.41) is 0. The molecule has 3 aromatic rings. The van der Waals surface area contributed by atoms with E-state index in [-0.39, 0.29) is 5.91 Å². The number of piperidine rings is 1. The first-order chi connectivity index (χ1) is 11.8. The van der Waals surface area contributed by atoms with Gasteiger partial charge in [0.15, 0.2) is 0 Å². The monoisotopic (exact) mass is 321 g/mol. The molecule has 122 valence electrons. The Morgan fingerprint density at radius 1 is 1.04 bits per heavy atom. The van der Waals surface area contributed by atoms with Gasteiger partial charge in [-0.1, -0.05) is 0 Å². The van der Waals surface area contributed by atoms with Gasteiger partial charge in [0.2, 0.25) is 0 Å². The molecule has 2 aromatic heterocycles. The number of nitrogens with zero attached hydrogens (tertiary/aromatic N) is 5. The third-order valence-electron chi connectivity index (χ3n) is 4.55. The van der Waals surface area contributed by atoms with Gasteiger partial charge in [0.05, 0.1) is 18.7 Å². The van der Waals surface area contributed by atoms with Crippen molar-refractivity contribution in [3.63, 3.8) is 0 Å². The smallest absolute Gasteiger partial charge is 0.253 e. The van der Waals surface area contributed by atoms with Crippen LogP contribution in [0.5, 0.6) is 0 Å². The SMILES string of the molecule is O=C(c1ccc(-n2ccnc2)cc1)N1CCCC(n2ccnc2)C1. The van der Waals surface area contributed by atoms with Crippen LogP contribution in [-0.4, -0.2) is 43.0 Å². The Bertz CT molecular complexity index is 793. The first-order valence-electron chi connectivity index (χ1n) is 8.16. The highest BCUT2D eigenvalue weighted by Gasteiger charge is 2.25. The summed E-state index contributed by atoms with van der Waals surface area (Å²) in [4.78, 5) is 22.9. The van der Waals surface area contributed by atoms with Crippen molar-refractivity contribution in [2.75, 3.05) is 13.1 Å². The number of likely N-dealkylation sites (tertiary alicyclic amines) is 1. The Labute approximate surface area is 140 Å². The van der Waals surface area contributed by atoms with Crippen molar-refractivity contribution < 1.29 is 4.79 Å². The van der Waals surface area contributed by atoms with Crippen molar-refractivity contribution in [3.05, 3.63) is 67.3 Å². The first-order valence-corrected chi connectivity index (χ1v) is 8.16. The number of hydrogen-bond acceptors (Lipinski definition) is 3. The summed E-state index contributed by atoms with van der Waals surface area (Å²) in [5.74, 6) is 0.0944. The number of aromatic nitrogens is 4. The molecule has 0 radical (unpaired) electrons. The normalized spacial score (nSPS) is 17.8. The zero-order valence-electron chi connectivity index (χ0n) is 13.3. The van der Waals surface area contributed by atoms with E-state index < -0.39 is 0 Å². The maximum atomic E-state index is 12.8. The minimum Gasteiger partial charge on any atom is -0.337 e. The average molecular weight is 321 g/mol. The number of imidazole rings is 2. The summed E-state index contributed by atoms with van der Waals surface area (Å²) in [7, 11) is 0. The molecule has 1 aliphatic heterocycles. The molecule has 4 rings (SSSR count). The fraction of sp³-hybridized carbons (Fsp3) is 0.278. The molecule has 0 spiro atoms. The first kappa shape index (κ1) is 14.7. The van der Waals surface area contributed by atoms with Crippen LogP contribution >= 0.6 is 0 Å². The summed E-state index contributed by atoms with van der Waals surface area (Å²) in [6.45, 7) is 1.55. The largest absolute Gasteiger partial charge is 0.337 e. The number of amides is 1. The topological polar surface area (TPSA) is 56.0 Å². The Morgan fingerprint density at radius 3 is 2.54 bits per heavy atom. The van der Waals surface area contributed by atoms with E-state index in [0.29, 0.717) is 6.04 Å². The minimum absolute atomic E-state index is 0.0944. The summed E-state index contributed by atoms with van der Waals surface area (Å²) in [5.41, 5.74) is 1.73. The number of rotatable bonds is 3. The van der Waals surface area contributed by atoms with E-state index in [0.717, 1.165) is 37.2 Å². The van der Waals surface area contributed by atoms with Crippen molar-refractivity contribution >= 4 is 5.91 Å². The standard InChI is InChI=1S/C18H19N5O/c24-18(15-3-5-16(6-4-15)22-10-7-19-13-22)21-9-1-2-17(12-21)23-11-8-20-14-23/h3-8,10-11,13-14,17H,1-2,9,12H2. The van der Waals surface area contributed by atoms with Gasteiger partial charge in [-0.2, -0.15) is 0 Å². The molecule has 6 nitrogen and oxygen atoms in total. The summed E-state index contributed by atoms with van der Waals surface area (Å²) >= 11 is 0. The minimum atomic E-state index is 0.0944. The Morgan fingerprint density at radius 2 is 1.83 bits per heavy atom. The van der Waals surface area contributed by atoms with E-state index in [2.05, 4.69) is 14.5 Å². The molecule has 1 amide bonds. The molecule has 3 heterocycles. The van der Waals surface area contributed by atoms with Crippen LogP contribution in [0.1, 0.15) is 29.2 Å². The number of benzene rings is 1. The fourth-order valence-electron chi connectivity index (χ4n) is 3.24. The molecular formula is C18H19N5O. The summed E-state index contributed by atoms with van der Waals surface area (Å²) in [6, 6.07) is 7.99. The molecule has 1 atom stereocenters. The lowest BCUT2D eigenvalue weighted by Crippen LogP contribution is -2.40. The maximum Gasteiger partial charge on any atom is 0.253 e. The van der Waals surface area contributed by atoms with Crippen molar-refractivity contribution in [1.29, 1.82) is 0 Å². The molecule has 6 heteroatoms.